The number of rotatable bonds is 3. The molecule has 0 aromatic heterocycles. The second kappa shape index (κ2) is 7.79. The van der Waals surface area contributed by atoms with Gasteiger partial charge in [-0.3, -0.25) is 0 Å². The van der Waals surface area contributed by atoms with E-state index in [1.807, 2.05) is 0 Å². The molecule has 1 N–H and O–H groups in total. The van der Waals surface area contributed by atoms with E-state index in [-0.39, 0.29) is 11.5 Å². The SMILES string of the molecule is C=C(C)[C@@H]1CC[C@]2(COP)CC[C@]3(C)C(CC[C@@H]4[C@@]5(C)CC[C@H](O)C(C)(C)[C@@H]5CC[C@]43C)[C@@H]12. The molecule has 0 bridgehead atoms. The molecule has 5 fully saturated rings. The minimum atomic E-state index is -0.135. The smallest absolute Gasteiger partial charge is 0.0594 e. The number of hydrogen-bond donors (Lipinski definition) is 1. The van der Waals surface area contributed by atoms with Crippen molar-refractivity contribution in [2.45, 2.75) is 112 Å². The Morgan fingerprint density at radius 3 is 2.27 bits per heavy atom. The first-order valence-electron chi connectivity index (χ1n) is 14.0. The van der Waals surface area contributed by atoms with E-state index in [4.69, 9.17) is 4.52 Å². The van der Waals surface area contributed by atoms with Crippen LogP contribution in [0.25, 0.3) is 0 Å². The molecule has 5 aliphatic rings. The highest BCUT2D eigenvalue weighted by atomic mass is 31.0. The highest BCUT2D eigenvalue weighted by Crippen LogP contribution is 2.77. The molecule has 188 valence electrons. The van der Waals surface area contributed by atoms with E-state index >= 15 is 0 Å². The summed E-state index contributed by atoms with van der Waals surface area (Å²) in [4.78, 5) is 0. The lowest BCUT2D eigenvalue weighted by molar-refractivity contribution is -0.248. The molecular formula is C30H51O2P. The molecule has 11 atom stereocenters. The van der Waals surface area contributed by atoms with Crippen LogP contribution in [0.3, 0.4) is 0 Å². The zero-order valence-corrected chi connectivity index (χ0v) is 23.5. The lowest BCUT2D eigenvalue weighted by Gasteiger charge is -2.73. The van der Waals surface area contributed by atoms with Crippen LogP contribution in [-0.2, 0) is 4.52 Å². The van der Waals surface area contributed by atoms with E-state index in [9.17, 15) is 5.11 Å². The molecule has 0 aromatic rings. The number of aliphatic hydroxyl groups is 1. The minimum Gasteiger partial charge on any atom is -0.393 e. The van der Waals surface area contributed by atoms with Gasteiger partial charge in [-0.2, -0.15) is 0 Å². The summed E-state index contributed by atoms with van der Waals surface area (Å²) in [5.41, 5.74) is 2.98. The second-order valence-electron chi connectivity index (χ2n) is 14.7. The summed E-state index contributed by atoms with van der Waals surface area (Å²) in [5, 5.41) is 10.9. The summed E-state index contributed by atoms with van der Waals surface area (Å²) in [7, 11) is 2.56. The van der Waals surface area contributed by atoms with Crippen molar-refractivity contribution in [3.8, 4) is 0 Å². The molecule has 2 nitrogen and oxygen atoms in total. The Kier molecular flexibility index (Phi) is 5.85. The zero-order chi connectivity index (χ0) is 24.0. The van der Waals surface area contributed by atoms with Crippen molar-refractivity contribution in [3.05, 3.63) is 12.2 Å². The molecule has 5 aliphatic carbocycles. The number of hydrogen-bond acceptors (Lipinski definition) is 2. The molecule has 0 saturated heterocycles. The first-order chi connectivity index (χ1) is 15.4. The summed E-state index contributed by atoms with van der Waals surface area (Å²) >= 11 is 0. The summed E-state index contributed by atoms with van der Waals surface area (Å²) in [6.45, 7) is 20.5. The van der Waals surface area contributed by atoms with Crippen molar-refractivity contribution in [1.82, 2.24) is 0 Å². The fourth-order valence-electron chi connectivity index (χ4n) is 11.7. The molecular weight excluding hydrogens is 423 g/mol. The average molecular weight is 475 g/mol. The van der Waals surface area contributed by atoms with Crippen LogP contribution in [-0.4, -0.2) is 17.8 Å². The average Bonchev–Trinajstić information content (AvgIpc) is 3.12. The number of aliphatic hydroxyl groups excluding tert-OH is 1. The number of allylic oxidation sites excluding steroid dienone is 1. The van der Waals surface area contributed by atoms with E-state index in [0.717, 1.165) is 30.8 Å². The van der Waals surface area contributed by atoms with Crippen LogP contribution < -0.4 is 0 Å². The van der Waals surface area contributed by atoms with Gasteiger partial charge in [0.1, 0.15) is 0 Å². The van der Waals surface area contributed by atoms with Crippen molar-refractivity contribution in [2.24, 2.45) is 56.7 Å². The Labute approximate surface area is 206 Å². The van der Waals surface area contributed by atoms with Gasteiger partial charge in [-0.25, -0.2) is 0 Å². The normalized spacial score (nSPS) is 55.2. The molecule has 0 spiro atoms. The molecule has 33 heavy (non-hydrogen) atoms. The van der Waals surface area contributed by atoms with Gasteiger partial charge in [0.05, 0.1) is 12.7 Å². The second-order valence-corrected chi connectivity index (χ2v) is 15.1. The van der Waals surface area contributed by atoms with Crippen LogP contribution in [0, 0.1) is 56.7 Å². The maximum absolute atomic E-state index is 10.9. The van der Waals surface area contributed by atoms with E-state index in [0.29, 0.717) is 33.5 Å². The third-order valence-corrected chi connectivity index (χ3v) is 13.8. The Morgan fingerprint density at radius 2 is 1.61 bits per heavy atom. The zero-order valence-electron chi connectivity index (χ0n) is 22.4. The van der Waals surface area contributed by atoms with Gasteiger partial charge in [0.15, 0.2) is 0 Å². The highest BCUT2D eigenvalue weighted by Gasteiger charge is 2.70. The van der Waals surface area contributed by atoms with Crippen LogP contribution >= 0.6 is 9.47 Å². The first-order valence-corrected chi connectivity index (χ1v) is 14.5. The van der Waals surface area contributed by atoms with Gasteiger partial charge >= 0.3 is 0 Å². The van der Waals surface area contributed by atoms with Crippen molar-refractivity contribution in [2.75, 3.05) is 6.61 Å². The molecule has 2 unspecified atom stereocenters. The fraction of sp³-hybridized carbons (Fsp3) is 0.933. The first kappa shape index (κ1) is 24.8. The quantitative estimate of drug-likeness (QED) is 0.334. The van der Waals surface area contributed by atoms with Gasteiger partial charge in [0.25, 0.3) is 0 Å². The topological polar surface area (TPSA) is 29.5 Å². The van der Waals surface area contributed by atoms with Gasteiger partial charge < -0.3 is 9.63 Å². The van der Waals surface area contributed by atoms with Crippen LogP contribution in [0.5, 0.6) is 0 Å². The lowest BCUT2D eigenvalue weighted by Crippen LogP contribution is -2.66. The lowest BCUT2D eigenvalue weighted by atomic mass is 9.32. The molecule has 0 heterocycles. The Hall–Kier alpha value is 0.0900. The Balaban J connectivity index is 1.54. The van der Waals surface area contributed by atoms with Crippen LogP contribution in [0.2, 0.25) is 0 Å². The standard InChI is InChI=1S/C30H51O2P/c1-19(2)20-10-15-30(18-32-33)17-16-28(6)21(25(20)30)8-9-23-27(5)13-12-24(31)26(3,4)22(27)11-14-29(23,28)7/h20-25,31H,1,8-18,33H2,2-7H3/t20-,21?,22-,23+,24-,25+,27-,28+,29+,30+/m0/s1. The van der Waals surface area contributed by atoms with Crippen molar-refractivity contribution in [1.29, 1.82) is 0 Å². The monoisotopic (exact) mass is 474 g/mol. The Morgan fingerprint density at radius 1 is 0.879 bits per heavy atom. The van der Waals surface area contributed by atoms with E-state index in [1.165, 1.54) is 63.4 Å². The van der Waals surface area contributed by atoms with Crippen LogP contribution in [0.15, 0.2) is 12.2 Å². The largest absolute Gasteiger partial charge is 0.393 e. The molecule has 5 saturated carbocycles. The molecule has 0 aliphatic heterocycles. The third kappa shape index (κ3) is 3.08. The van der Waals surface area contributed by atoms with Gasteiger partial charge in [-0.15, -0.1) is 0 Å². The fourth-order valence-corrected chi connectivity index (χ4v) is 12.0. The summed E-state index contributed by atoms with van der Waals surface area (Å²) in [6.07, 6.45) is 12.8. The Bertz CT molecular complexity index is 807. The summed E-state index contributed by atoms with van der Waals surface area (Å²) in [6, 6.07) is 0. The molecule has 0 radical (unpaired) electrons. The summed E-state index contributed by atoms with van der Waals surface area (Å²) in [5.74, 6) is 3.63. The predicted octanol–water partition coefficient (Wildman–Crippen LogP) is 7.81. The van der Waals surface area contributed by atoms with Crippen molar-refractivity contribution < 1.29 is 9.63 Å². The predicted molar refractivity (Wildman–Crippen MR) is 141 cm³/mol. The molecule has 0 aromatic carbocycles. The van der Waals surface area contributed by atoms with Gasteiger partial charge in [0.2, 0.25) is 0 Å². The molecule has 5 rings (SSSR count). The van der Waals surface area contributed by atoms with Crippen LogP contribution in [0.4, 0.5) is 0 Å². The maximum atomic E-state index is 10.9. The highest BCUT2D eigenvalue weighted by molar-refractivity contribution is 7.09. The third-order valence-electron chi connectivity index (χ3n) is 13.6. The summed E-state index contributed by atoms with van der Waals surface area (Å²) < 4.78 is 5.84. The van der Waals surface area contributed by atoms with Crippen molar-refractivity contribution in [3.63, 3.8) is 0 Å². The van der Waals surface area contributed by atoms with Crippen molar-refractivity contribution >= 4 is 9.47 Å². The van der Waals surface area contributed by atoms with Crippen LogP contribution in [0.1, 0.15) is 106 Å². The van der Waals surface area contributed by atoms with E-state index in [2.05, 4.69) is 57.6 Å². The van der Waals surface area contributed by atoms with Gasteiger partial charge in [-0.1, -0.05) is 46.8 Å². The van der Waals surface area contributed by atoms with Gasteiger partial charge in [-0.05, 0) is 128 Å². The maximum Gasteiger partial charge on any atom is 0.0594 e. The minimum absolute atomic E-state index is 0.0421. The van der Waals surface area contributed by atoms with E-state index < -0.39 is 0 Å². The van der Waals surface area contributed by atoms with Gasteiger partial charge in [0, 0.05) is 9.47 Å². The number of fused-ring (bicyclic) bond motifs is 7. The molecule has 0 amide bonds. The van der Waals surface area contributed by atoms with E-state index in [1.54, 1.807) is 0 Å². The molecule has 3 heteroatoms.